The normalized spacial score (nSPS) is 10.5. The smallest absolute Gasteiger partial charge is 0.338 e. The molecule has 5 nitrogen and oxygen atoms in total. The van der Waals surface area contributed by atoms with Gasteiger partial charge in [0.05, 0.1) is 31.0 Å². The Hall–Kier alpha value is -2.95. The van der Waals surface area contributed by atoms with E-state index in [0.717, 1.165) is 5.56 Å². The summed E-state index contributed by atoms with van der Waals surface area (Å²) in [5.41, 5.74) is 2.66. The highest BCUT2D eigenvalue weighted by Gasteiger charge is 2.15. The van der Waals surface area contributed by atoms with Gasteiger partial charge in [0, 0.05) is 23.3 Å². The first-order valence-corrected chi connectivity index (χ1v) is 6.70. The van der Waals surface area contributed by atoms with E-state index < -0.39 is 5.97 Å². The lowest BCUT2D eigenvalue weighted by atomic mass is 10.0. The lowest BCUT2D eigenvalue weighted by Crippen LogP contribution is -2.04. The van der Waals surface area contributed by atoms with Gasteiger partial charge in [-0.15, -0.1) is 0 Å². The lowest BCUT2D eigenvalue weighted by molar-refractivity contribution is 0.0603. The van der Waals surface area contributed by atoms with Gasteiger partial charge in [-0.25, -0.2) is 9.78 Å². The summed E-state index contributed by atoms with van der Waals surface area (Å²) < 4.78 is 10.1. The number of carbonyl (C=O) groups excluding carboxylic acids is 1. The van der Waals surface area contributed by atoms with Crippen LogP contribution < -0.4 is 4.74 Å². The van der Waals surface area contributed by atoms with Crippen molar-refractivity contribution in [2.45, 2.75) is 0 Å². The number of carbonyl (C=O) groups is 1. The van der Waals surface area contributed by atoms with E-state index in [4.69, 9.17) is 9.47 Å². The molecular weight excluding hydrogens is 280 g/mol. The summed E-state index contributed by atoms with van der Waals surface area (Å²) in [5, 5.41) is 0.693. The van der Waals surface area contributed by atoms with Crippen LogP contribution in [-0.2, 0) is 4.74 Å². The van der Waals surface area contributed by atoms with Gasteiger partial charge in [-0.3, -0.25) is 4.98 Å². The number of fused-ring (bicyclic) bond motifs is 1. The quantitative estimate of drug-likeness (QED) is 0.695. The van der Waals surface area contributed by atoms with Crippen LogP contribution in [0.1, 0.15) is 10.4 Å². The summed E-state index contributed by atoms with van der Waals surface area (Å²) in [6, 6.07) is 10.8. The van der Waals surface area contributed by atoms with E-state index in [-0.39, 0.29) is 0 Å². The van der Waals surface area contributed by atoms with Gasteiger partial charge in [-0.1, -0.05) is 0 Å². The Morgan fingerprint density at radius 1 is 1.14 bits per heavy atom. The zero-order valence-electron chi connectivity index (χ0n) is 12.2. The minimum Gasteiger partial charge on any atom is -0.497 e. The highest BCUT2D eigenvalue weighted by molar-refractivity contribution is 6.05. The number of pyridine rings is 2. The second-order valence-electron chi connectivity index (χ2n) is 4.67. The average molecular weight is 294 g/mol. The molecule has 0 radical (unpaired) electrons. The molecule has 0 amide bonds. The number of esters is 1. The van der Waals surface area contributed by atoms with Gasteiger partial charge in [0.1, 0.15) is 5.75 Å². The van der Waals surface area contributed by atoms with Gasteiger partial charge in [0.2, 0.25) is 0 Å². The van der Waals surface area contributed by atoms with E-state index in [9.17, 15) is 4.79 Å². The Bertz CT molecular complexity index is 832. The molecule has 0 spiro atoms. The van der Waals surface area contributed by atoms with E-state index >= 15 is 0 Å². The predicted octanol–water partition coefficient (Wildman–Crippen LogP) is 3.09. The zero-order chi connectivity index (χ0) is 15.5. The van der Waals surface area contributed by atoms with Gasteiger partial charge >= 0.3 is 5.97 Å². The third-order valence-corrected chi connectivity index (χ3v) is 3.38. The molecule has 2 heterocycles. The van der Waals surface area contributed by atoms with Crippen molar-refractivity contribution >= 4 is 16.9 Å². The molecule has 2 aromatic heterocycles. The van der Waals surface area contributed by atoms with Crippen molar-refractivity contribution in [3.63, 3.8) is 0 Å². The first-order valence-electron chi connectivity index (χ1n) is 6.70. The maximum atomic E-state index is 12.1. The number of hydrogen-bond donors (Lipinski definition) is 0. The second kappa shape index (κ2) is 5.81. The van der Waals surface area contributed by atoms with E-state index in [1.54, 1.807) is 31.6 Å². The Kier molecular flexibility index (Phi) is 3.70. The minimum atomic E-state index is -0.411. The number of ether oxygens (including phenoxy) is 2. The minimum absolute atomic E-state index is 0.411. The maximum Gasteiger partial charge on any atom is 0.338 e. The number of methoxy groups -OCH3 is 2. The van der Waals surface area contributed by atoms with E-state index in [1.807, 2.05) is 24.3 Å². The van der Waals surface area contributed by atoms with Crippen LogP contribution in [-0.4, -0.2) is 30.2 Å². The van der Waals surface area contributed by atoms with E-state index in [0.29, 0.717) is 27.9 Å². The number of aromatic nitrogens is 2. The van der Waals surface area contributed by atoms with Gasteiger partial charge in [0.25, 0.3) is 0 Å². The van der Waals surface area contributed by atoms with Crippen molar-refractivity contribution in [2.24, 2.45) is 0 Å². The second-order valence-corrected chi connectivity index (χ2v) is 4.67. The zero-order valence-corrected chi connectivity index (χ0v) is 12.2. The van der Waals surface area contributed by atoms with Crippen molar-refractivity contribution in [1.29, 1.82) is 0 Å². The summed E-state index contributed by atoms with van der Waals surface area (Å²) in [7, 11) is 2.94. The Morgan fingerprint density at radius 2 is 2.00 bits per heavy atom. The summed E-state index contributed by atoms with van der Waals surface area (Å²) >= 11 is 0. The number of nitrogens with zero attached hydrogens (tertiary/aromatic N) is 2. The fourth-order valence-corrected chi connectivity index (χ4v) is 2.27. The molecule has 0 bridgehead atoms. The molecule has 0 N–H and O–H groups in total. The van der Waals surface area contributed by atoms with Crippen LogP contribution in [0, 0.1) is 0 Å². The molecular formula is C17H14N2O3. The molecule has 0 aliphatic carbocycles. The highest BCUT2D eigenvalue weighted by Crippen LogP contribution is 2.27. The van der Waals surface area contributed by atoms with Crippen LogP contribution in [0.4, 0.5) is 0 Å². The largest absolute Gasteiger partial charge is 0.497 e. The number of rotatable bonds is 3. The van der Waals surface area contributed by atoms with Crippen LogP contribution in [0.25, 0.3) is 22.2 Å². The van der Waals surface area contributed by atoms with Crippen LogP contribution in [0.15, 0.2) is 48.8 Å². The predicted molar refractivity (Wildman–Crippen MR) is 82.9 cm³/mol. The van der Waals surface area contributed by atoms with Gasteiger partial charge in [-0.05, 0) is 36.4 Å². The fourth-order valence-electron chi connectivity index (χ4n) is 2.27. The summed E-state index contributed by atoms with van der Waals surface area (Å²) in [4.78, 5) is 20.8. The summed E-state index contributed by atoms with van der Waals surface area (Å²) in [5.74, 6) is 0.249. The lowest BCUT2D eigenvalue weighted by Gasteiger charge is -2.09. The van der Waals surface area contributed by atoms with Gasteiger partial charge in [0.15, 0.2) is 0 Å². The van der Waals surface area contributed by atoms with Crippen LogP contribution in [0.5, 0.6) is 5.75 Å². The standard InChI is InChI=1S/C17H14N2O3/c1-21-12-5-6-15-13(8-12)14(17(20)22-2)9-16(19-15)11-4-3-7-18-10-11/h3-10H,1-2H3. The monoisotopic (exact) mass is 294 g/mol. The molecule has 0 unspecified atom stereocenters. The van der Waals surface area contributed by atoms with Crippen LogP contribution >= 0.6 is 0 Å². The third kappa shape index (κ3) is 2.48. The van der Waals surface area contributed by atoms with Crippen molar-refractivity contribution in [3.05, 3.63) is 54.4 Å². The van der Waals surface area contributed by atoms with Crippen LogP contribution in [0.2, 0.25) is 0 Å². The highest BCUT2D eigenvalue weighted by atomic mass is 16.5. The molecule has 3 aromatic rings. The number of hydrogen-bond acceptors (Lipinski definition) is 5. The molecule has 0 saturated carbocycles. The summed E-state index contributed by atoms with van der Waals surface area (Å²) in [6.45, 7) is 0. The fraction of sp³-hybridized carbons (Fsp3) is 0.118. The van der Waals surface area contributed by atoms with Crippen molar-refractivity contribution < 1.29 is 14.3 Å². The Morgan fingerprint density at radius 3 is 2.68 bits per heavy atom. The maximum absolute atomic E-state index is 12.1. The van der Waals surface area contributed by atoms with Gasteiger partial charge < -0.3 is 9.47 Å². The molecule has 0 saturated heterocycles. The number of benzene rings is 1. The van der Waals surface area contributed by atoms with Gasteiger partial charge in [-0.2, -0.15) is 0 Å². The molecule has 0 aliphatic rings. The molecule has 1 aromatic carbocycles. The van der Waals surface area contributed by atoms with E-state index in [2.05, 4.69) is 9.97 Å². The first kappa shape index (κ1) is 14.0. The first-order chi connectivity index (χ1) is 10.7. The molecule has 5 heteroatoms. The summed E-state index contributed by atoms with van der Waals surface area (Å²) in [6.07, 6.45) is 3.40. The Balaban J connectivity index is 2.28. The molecule has 0 aliphatic heterocycles. The van der Waals surface area contributed by atoms with E-state index in [1.165, 1.54) is 7.11 Å². The molecule has 22 heavy (non-hydrogen) atoms. The van der Waals surface area contributed by atoms with Crippen molar-refractivity contribution in [1.82, 2.24) is 9.97 Å². The van der Waals surface area contributed by atoms with Crippen molar-refractivity contribution in [3.8, 4) is 17.0 Å². The Labute approximate surface area is 127 Å². The van der Waals surface area contributed by atoms with Crippen LogP contribution in [0.3, 0.4) is 0 Å². The molecule has 3 rings (SSSR count). The topological polar surface area (TPSA) is 61.3 Å². The van der Waals surface area contributed by atoms with Crippen molar-refractivity contribution in [2.75, 3.05) is 14.2 Å². The third-order valence-electron chi connectivity index (χ3n) is 3.38. The SMILES string of the molecule is COC(=O)c1cc(-c2cccnc2)nc2ccc(OC)cc12. The molecule has 110 valence electrons. The molecule has 0 atom stereocenters. The average Bonchev–Trinajstić information content (AvgIpc) is 2.60. The molecule has 0 fully saturated rings.